The van der Waals surface area contributed by atoms with Gasteiger partial charge in [0.25, 0.3) is 0 Å². The first kappa shape index (κ1) is 33.7. The molecule has 2 heterocycles. The van der Waals surface area contributed by atoms with Crippen LogP contribution in [0, 0.1) is 23.7 Å². The van der Waals surface area contributed by atoms with E-state index in [1.807, 2.05) is 43.9 Å². The normalized spacial score (nSPS) is 36.2. The van der Waals surface area contributed by atoms with E-state index in [2.05, 4.69) is 22.6 Å². The van der Waals surface area contributed by atoms with E-state index in [-0.39, 0.29) is 36.0 Å². The molecule has 0 radical (unpaired) electrons. The zero-order valence-corrected chi connectivity index (χ0v) is 27.8. The topological polar surface area (TPSA) is 138 Å². The molecule has 4 aliphatic rings. The van der Waals surface area contributed by atoms with Gasteiger partial charge in [-0.2, -0.15) is 0 Å². The molecule has 1 saturated heterocycles. The maximum Gasteiger partial charge on any atom is 0.341 e. The van der Waals surface area contributed by atoms with Crippen molar-refractivity contribution in [3.05, 3.63) is 41.0 Å². The number of rotatable bonds is 7. The lowest BCUT2D eigenvalue weighted by Gasteiger charge is -2.58. The highest BCUT2D eigenvalue weighted by Gasteiger charge is 2.62. The van der Waals surface area contributed by atoms with Crippen LogP contribution in [0.25, 0.3) is 0 Å². The molecule has 11 nitrogen and oxygen atoms in total. The Morgan fingerprint density at radius 2 is 1.96 bits per heavy atom. The fourth-order valence-corrected chi connectivity index (χ4v) is 8.76. The van der Waals surface area contributed by atoms with Gasteiger partial charge in [-0.25, -0.2) is 4.79 Å². The van der Waals surface area contributed by atoms with E-state index in [4.69, 9.17) is 21.4 Å². The van der Waals surface area contributed by atoms with Crippen molar-refractivity contribution >= 4 is 35.4 Å². The first-order chi connectivity index (χ1) is 21.2. The Bertz CT molecular complexity index is 1370. The third-order valence-corrected chi connectivity index (χ3v) is 11.0. The van der Waals surface area contributed by atoms with Gasteiger partial charge < -0.3 is 24.1 Å². The molecule has 3 N–H and O–H groups in total. The molecule has 1 unspecified atom stereocenters. The third-order valence-electron chi connectivity index (χ3n) is 10.9. The van der Waals surface area contributed by atoms with E-state index < -0.39 is 47.4 Å². The molecule has 1 amide bonds. The molecule has 0 bridgehead atoms. The van der Waals surface area contributed by atoms with Crippen molar-refractivity contribution in [1.82, 2.24) is 10.2 Å². The molecule has 10 atom stereocenters. The van der Waals surface area contributed by atoms with Gasteiger partial charge in [0.05, 0.1) is 17.2 Å². The van der Waals surface area contributed by atoms with Gasteiger partial charge in [0.15, 0.2) is 6.23 Å². The maximum atomic E-state index is 13.2. The second-order valence-corrected chi connectivity index (χ2v) is 13.6. The summed E-state index contributed by atoms with van der Waals surface area (Å²) in [5.74, 6) is -2.39. The predicted octanol–water partition coefficient (Wildman–Crippen LogP) is 3.51. The summed E-state index contributed by atoms with van der Waals surface area (Å²) in [6, 6.07) is 4.56. The third kappa shape index (κ3) is 5.54. The zero-order valence-electron chi connectivity index (χ0n) is 27.1. The largest absolute Gasteiger partial charge is 0.457 e. The van der Waals surface area contributed by atoms with Crippen LogP contribution in [0.4, 0.5) is 5.69 Å². The quantitative estimate of drug-likeness (QED) is 0.298. The lowest BCUT2D eigenvalue weighted by molar-refractivity contribution is -0.169. The molecule has 2 aliphatic heterocycles. The summed E-state index contributed by atoms with van der Waals surface area (Å²) >= 11 is 5.42. The van der Waals surface area contributed by atoms with Crippen molar-refractivity contribution in [3.63, 3.8) is 0 Å². The maximum absolute atomic E-state index is 13.2. The SMILES string of the molecule is CCN(CC(C)[C@@H]1CC[C@@H](C)[C@@]2(O)[C@@H]1C=C(C)[C@H](OC(C)=O)[C@@H]2c1cccc2c1[C@]1(O)C[C@@H](C(=O)OCl)N[C@@H]1ON2C)C(C)=O. The van der Waals surface area contributed by atoms with Gasteiger partial charge >= 0.3 is 11.9 Å². The monoisotopic (exact) mass is 647 g/mol. The van der Waals surface area contributed by atoms with Gasteiger partial charge in [0.2, 0.25) is 5.91 Å². The van der Waals surface area contributed by atoms with Crippen molar-refractivity contribution in [2.45, 2.75) is 96.3 Å². The minimum atomic E-state index is -1.70. The molecule has 2 aliphatic carbocycles. The molecule has 0 aromatic heterocycles. The molecule has 2 fully saturated rings. The van der Waals surface area contributed by atoms with Crippen LogP contribution in [-0.2, 0) is 33.8 Å². The van der Waals surface area contributed by atoms with Crippen molar-refractivity contribution in [3.8, 4) is 0 Å². The number of ether oxygens (including phenoxy) is 1. The Balaban J connectivity index is 1.69. The van der Waals surface area contributed by atoms with Crippen molar-refractivity contribution < 1.29 is 38.5 Å². The van der Waals surface area contributed by atoms with Crippen LogP contribution in [0.1, 0.15) is 77.8 Å². The second-order valence-electron chi connectivity index (χ2n) is 13.5. The average Bonchev–Trinajstić information content (AvgIpc) is 3.33. The number of carbonyl (C=O) groups excluding carboxylic acids is 3. The molecule has 5 rings (SSSR count). The van der Waals surface area contributed by atoms with Gasteiger partial charge in [0.1, 0.15) is 29.6 Å². The van der Waals surface area contributed by atoms with Gasteiger partial charge in [-0.05, 0) is 61.6 Å². The van der Waals surface area contributed by atoms with Crippen molar-refractivity contribution in [2.24, 2.45) is 23.7 Å². The number of esters is 1. The minimum Gasteiger partial charge on any atom is -0.457 e. The summed E-state index contributed by atoms with van der Waals surface area (Å²) in [7, 11) is 1.71. The van der Waals surface area contributed by atoms with Crippen LogP contribution in [0.15, 0.2) is 29.8 Å². The number of aliphatic hydroxyl groups is 2. The standard InChI is InChI=1S/C33H46ClN3O8/c1-8-37(20(5)38)16-18(3)22-13-12-19(4)33(42)24(22)14-17(2)29(43-21(6)39)28(33)23-10-9-11-26-27(23)32(41)15-25(30(40)44-34)35-31(32)45-36(26)7/h9-11,14,18-19,22,24-25,28-29,31,35,41-42H,8,12-13,15-16H2,1-7H3/t18?,19-,22+,24-,25+,28+,29+,31-,32-,33-/m1/s1. The number of nitrogens with zero attached hydrogens (tertiary/aromatic N) is 2. The molecule has 1 aromatic carbocycles. The van der Waals surface area contributed by atoms with Crippen LogP contribution < -0.4 is 10.4 Å². The van der Waals surface area contributed by atoms with Gasteiger partial charge in [-0.15, -0.1) is 0 Å². The molecule has 45 heavy (non-hydrogen) atoms. The lowest BCUT2D eigenvalue weighted by atomic mass is 9.51. The first-order valence-corrected chi connectivity index (χ1v) is 16.2. The van der Waals surface area contributed by atoms with E-state index in [1.165, 1.54) is 12.0 Å². The average molecular weight is 648 g/mol. The molecular weight excluding hydrogens is 602 g/mol. The van der Waals surface area contributed by atoms with Crippen molar-refractivity contribution in [2.75, 3.05) is 25.2 Å². The van der Waals surface area contributed by atoms with E-state index >= 15 is 0 Å². The highest BCUT2D eigenvalue weighted by molar-refractivity contribution is 6.13. The summed E-state index contributed by atoms with van der Waals surface area (Å²) in [4.78, 5) is 45.3. The van der Waals surface area contributed by atoms with Crippen LogP contribution in [0.3, 0.4) is 0 Å². The number of benzene rings is 1. The van der Waals surface area contributed by atoms with Crippen LogP contribution in [0.5, 0.6) is 0 Å². The smallest absolute Gasteiger partial charge is 0.341 e. The number of carbonyl (C=O) groups is 3. The number of anilines is 1. The van der Waals surface area contributed by atoms with Gasteiger partial charge in [-0.1, -0.05) is 32.1 Å². The van der Waals surface area contributed by atoms with Gasteiger partial charge in [-0.3, -0.25) is 24.8 Å². The number of amides is 1. The number of fused-ring (bicyclic) bond motifs is 4. The Kier molecular flexibility index (Phi) is 9.34. The van der Waals surface area contributed by atoms with E-state index in [0.717, 1.165) is 18.4 Å². The van der Waals surface area contributed by atoms with Crippen LogP contribution in [-0.4, -0.2) is 77.1 Å². The number of hydrogen-bond donors (Lipinski definition) is 3. The van der Waals surface area contributed by atoms with E-state index in [0.29, 0.717) is 29.9 Å². The molecule has 1 saturated carbocycles. The Morgan fingerprint density at radius 3 is 2.58 bits per heavy atom. The predicted molar refractivity (Wildman–Crippen MR) is 167 cm³/mol. The van der Waals surface area contributed by atoms with Crippen LogP contribution >= 0.6 is 11.9 Å². The summed E-state index contributed by atoms with van der Waals surface area (Å²) in [5, 5.41) is 30.1. The second kappa shape index (κ2) is 12.5. The van der Waals surface area contributed by atoms with E-state index in [1.54, 1.807) is 14.0 Å². The summed E-state index contributed by atoms with van der Waals surface area (Å²) in [6.45, 7) is 12.1. The molecule has 12 heteroatoms. The first-order valence-electron chi connectivity index (χ1n) is 15.9. The Hall–Kier alpha value is -2.70. The van der Waals surface area contributed by atoms with E-state index in [9.17, 15) is 24.6 Å². The highest BCUT2D eigenvalue weighted by atomic mass is 35.5. The molecule has 248 valence electrons. The number of nitrogens with one attached hydrogen (secondary N) is 1. The summed E-state index contributed by atoms with van der Waals surface area (Å²) in [5.41, 5.74) is -0.616. The Morgan fingerprint density at radius 1 is 1.24 bits per heavy atom. The van der Waals surface area contributed by atoms with Crippen LogP contribution in [0.2, 0.25) is 0 Å². The van der Waals surface area contributed by atoms with Crippen molar-refractivity contribution in [1.29, 1.82) is 0 Å². The Labute approximate surface area is 269 Å². The fourth-order valence-electron chi connectivity index (χ4n) is 8.65. The number of hydrogen-bond acceptors (Lipinski definition) is 10. The van der Waals surface area contributed by atoms with Gasteiger partial charge in [0, 0.05) is 51.9 Å². The summed E-state index contributed by atoms with van der Waals surface area (Å²) in [6.07, 6.45) is 1.73. The molecular formula is C33H46ClN3O8. The lowest BCUT2D eigenvalue weighted by Crippen LogP contribution is -2.61. The number of halogens is 1. The molecule has 1 aromatic rings. The summed E-state index contributed by atoms with van der Waals surface area (Å²) < 4.78 is 10.5. The zero-order chi connectivity index (χ0) is 33.0. The molecule has 0 spiro atoms. The minimum absolute atomic E-state index is 0.0125. The number of hydroxylamine groups is 1. The highest BCUT2D eigenvalue weighted by Crippen LogP contribution is 2.59. The fraction of sp³-hybridized carbons (Fsp3) is 0.667.